The summed E-state index contributed by atoms with van der Waals surface area (Å²) < 4.78 is 10.4. The summed E-state index contributed by atoms with van der Waals surface area (Å²) in [5, 5.41) is 0. The summed E-state index contributed by atoms with van der Waals surface area (Å²) in [4.78, 5) is 12.4. The number of carbonyl (C=O) groups excluding carboxylic acids is 1. The lowest BCUT2D eigenvalue weighted by molar-refractivity contribution is 0.103. The van der Waals surface area contributed by atoms with Gasteiger partial charge in [0.15, 0.2) is 17.3 Å². The minimum absolute atomic E-state index is 0.0750. The van der Waals surface area contributed by atoms with Gasteiger partial charge in [-0.3, -0.25) is 4.79 Å². The van der Waals surface area contributed by atoms with E-state index in [1.807, 2.05) is 6.92 Å². The second-order valence-electron chi connectivity index (χ2n) is 4.47. The lowest BCUT2D eigenvalue weighted by Gasteiger charge is -2.09. The van der Waals surface area contributed by atoms with Crippen LogP contribution in [0.1, 0.15) is 21.5 Å². The van der Waals surface area contributed by atoms with Gasteiger partial charge in [-0.15, -0.1) is 0 Å². The second kappa shape index (κ2) is 5.65. The Kier molecular flexibility index (Phi) is 3.94. The molecule has 104 valence electrons. The van der Waals surface area contributed by atoms with Gasteiger partial charge in [-0.05, 0) is 48.9 Å². The summed E-state index contributed by atoms with van der Waals surface area (Å²) in [5.41, 5.74) is 8.47. The van der Waals surface area contributed by atoms with E-state index in [-0.39, 0.29) is 5.78 Å². The normalized spacial score (nSPS) is 10.2. The van der Waals surface area contributed by atoms with Crippen molar-refractivity contribution in [1.29, 1.82) is 0 Å². The van der Waals surface area contributed by atoms with Crippen LogP contribution in [0.3, 0.4) is 0 Å². The highest BCUT2D eigenvalue weighted by atomic mass is 16.5. The van der Waals surface area contributed by atoms with E-state index < -0.39 is 0 Å². The first kappa shape index (κ1) is 13.9. The van der Waals surface area contributed by atoms with Gasteiger partial charge in [-0.2, -0.15) is 0 Å². The topological polar surface area (TPSA) is 61.5 Å². The average Bonchev–Trinajstić information content (AvgIpc) is 2.48. The van der Waals surface area contributed by atoms with Crippen LogP contribution in [0.5, 0.6) is 11.5 Å². The zero-order valence-electron chi connectivity index (χ0n) is 11.8. The Morgan fingerprint density at radius 2 is 1.55 bits per heavy atom. The molecule has 0 aliphatic heterocycles. The molecule has 0 atom stereocenters. The first-order valence-corrected chi connectivity index (χ1v) is 6.19. The molecule has 2 N–H and O–H groups in total. The van der Waals surface area contributed by atoms with Gasteiger partial charge in [-0.25, -0.2) is 0 Å². The van der Waals surface area contributed by atoms with Crippen molar-refractivity contribution in [2.24, 2.45) is 0 Å². The minimum Gasteiger partial charge on any atom is -0.493 e. The van der Waals surface area contributed by atoms with Gasteiger partial charge in [0.05, 0.1) is 14.2 Å². The maximum Gasteiger partial charge on any atom is 0.193 e. The van der Waals surface area contributed by atoms with Gasteiger partial charge >= 0.3 is 0 Å². The van der Waals surface area contributed by atoms with Crippen molar-refractivity contribution in [2.45, 2.75) is 6.92 Å². The number of benzene rings is 2. The molecule has 0 aliphatic carbocycles. The predicted molar refractivity (Wildman–Crippen MR) is 78.6 cm³/mol. The zero-order valence-corrected chi connectivity index (χ0v) is 11.8. The third kappa shape index (κ3) is 2.59. The highest BCUT2D eigenvalue weighted by Gasteiger charge is 2.13. The molecule has 0 fully saturated rings. The van der Waals surface area contributed by atoms with Gasteiger partial charge < -0.3 is 15.2 Å². The zero-order chi connectivity index (χ0) is 14.7. The Balaban J connectivity index is 2.40. The molecule has 0 heterocycles. The van der Waals surface area contributed by atoms with E-state index in [2.05, 4.69) is 0 Å². The predicted octanol–water partition coefficient (Wildman–Crippen LogP) is 2.83. The maximum absolute atomic E-state index is 12.4. The van der Waals surface area contributed by atoms with E-state index in [0.717, 1.165) is 5.56 Å². The van der Waals surface area contributed by atoms with Crippen molar-refractivity contribution in [3.05, 3.63) is 53.1 Å². The van der Waals surface area contributed by atoms with E-state index in [0.29, 0.717) is 28.3 Å². The number of hydrogen-bond donors (Lipinski definition) is 1. The fourth-order valence-electron chi connectivity index (χ4n) is 1.96. The van der Waals surface area contributed by atoms with E-state index in [1.165, 1.54) is 0 Å². The summed E-state index contributed by atoms with van der Waals surface area (Å²) >= 11 is 0. The van der Waals surface area contributed by atoms with Gasteiger partial charge in [0.2, 0.25) is 0 Å². The molecule has 2 rings (SSSR count). The third-order valence-electron chi connectivity index (χ3n) is 3.18. The molecule has 0 aromatic heterocycles. The van der Waals surface area contributed by atoms with Crippen molar-refractivity contribution >= 4 is 11.5 Å². The van der Waals surface area contributed by atoms with Crippen LogP contribution in [-0.4, -0.2) is 20.0 Å². The molecular weight excluding hydrogens is 254 g/mol. The summed E-state index contributed by atoms with van der Waals surface area (Å²) in [6.45, 7) is 1.88. The van der Waals surface area contributed by atoms with Crippen molar-refractivity contribution in [3.63, 3.8) is 0 Å². The molecule has 4 nitrogen and oxygen atoms in total. The molecule has 4 heteroatoms. The van der Waals surface area contributed by atoms with Crippen molar-refractivity contribution in [2.75, 3.05) is 20.0 Å². The Morgan fingerprint density at radius 1 is 0.950 bits per heavy atom. The van der Waals surface area contributed by atoms with Crippen LogP contribution in [0, 0.1) is 6.92 Å². The third-order valence-corrected chi connectivity index (χ3v) is 3.18. The van der Waals surface area contributed by atoms with Crippen LogP contribution in [0.4, 0.5) is 5.69 Å². The monoisotopic (exact) mass is 271 g/mol. The van der Waals surface area contributed by atoms with E-state index >= 15 is 0 Å². The quantitative estimate of drug-likeness (QED) is 0.686. The van der Waals surface area contributed by atoms with Crippen molar-refractivity contribution in [3.8, 4) is 11.5 Å². The van der Waals surface area contributed by atoms with Crippen molar-refractivity contribution < 1.29 is 14.3 Å². The number of nitrogens with two attached hydrogens (primary N) is 1. The number of ether oxygens (including phenoxy) is 2. The number of nitrogen functional groups attached to an aromatic ring is 1. The summed E-state index contributed by atoms with van der Waals surface area (Å²) in [7, 11) is 3.10. The first-order valence-electron chi connectivity index (χ1n) is 6.19. The number of anilines is 1. The molecule has 20 heavy (non-hydrogen) atoms. The second-order valence-corrected chi connectivity index (χ2v) is 4.47. The number of hydrogen-bond acceptors (Lipinski definition) is 4. The minimum atomic E-state index is -0.0750. The molecule has 0 saturated carbocycles. The molecule has 2 aromatic rings. The summed E-state index contributed by atoms with van der Waals surface area (Å²) in [6.07, 6.45) is 0. The van der Waals surface area contributed by atoms with Crippen LogP contribution >= 0.6 is 0 Å². The molecule has 0 radical (unpaired) electrons. The highest BCUT2D eigenvalue weighted by molar-refractivity contribution is 6.09. The average molecular weight is 271 g/mol. The smallest absolute Gasteiger partial charge is 0.193 e. The molecule has 2 aromatic carbocycles. The van der Waals surface area contributed by atoms with Gasteiger partial charge in [-0.1, -0.05) is 0 Å². The van der Waals surface area contributed by atoms with Crippen LogP contribution in [0.2, 0.25) is 0 Å². The Bertz CT molecular complexity index is 650. The van der Waals surface area contributed by atoms with Gasteiger partial charge in [0.1, 0.15) is 0 Å². The lowest BCUT2D eigenvalue weighted by Crippen LogP contribution is -2.03. The van der Waals surface area contributed by atoms with Crippen LogP contribution in [0.15, 0.2) is 36.4 Å². The lowest BCUT2D eigenvalue weighted by atomic mass is 10.0. The SMILES string of the molecule is COc1ccc(C(=O)c2ccc(N)c(C)c2)cc1OC. The molecule has 0 bridgehead atoms. The Labute approximate surface area is 118 Å². The van der Waals surface area contributed by atoms with Crippen molar-refractivity contribution in [1.82, 2.24) is 0 Å². The van der Waals surface area contributed by atoms with Crippen LogP contribution < -0.4 is 15.2 Å². The fourth-order valence-corrected chi connectivity index (χ4v) is 1.96. The largest absolute Gasteiger partial charge is 0.493 e. The van der Waals surface area contributed by atoms with E-state index in [9.17, 15) is 4.79 Å². The summed E-state index contributed by atoms with van der Waals surface area (Å²) in [6, 6.07) is 10.4. The number of rotatable bonds is 4. The number of aryl methyl sites for hydroxylation is 1. The molecule has 0 saturated heterocycles. The number of methoxy groups -OCH3 is 2. The maximum atomic E-state index is 12.4. The molecule has 0 aliphatic rings. The molecule has 0 spiro atoms. The highest BCUT2D eigenvalue weighted by Crippen LogP contribution is 2.28. The van der Waals surface area contributed by atoms with Crippen LogP contribution in [0.25, 0.3) is 0 Å². The fraction of sp³-hybridized carbons (Fsp3) is 0.188. The molecule has 0 amide bonds. The Hall–Kier alpha value is -2.49. The van der Waals surface area contributed by atoms with Gasteiger partial charge in [0.25, 0.3) is 0 Å². The Morgan fingerprint density at radius 3 is 2.15 bits per heavy atom. The van der Waals surface area contributed by atoms with Crippen LogP contribution in [-0.2, 0) is 0 Å². The molecular formula is C16H17NO3. The molecule has 0 unspecified atom stereocenters. The number of carbonyl (C=O) groups is 1. The number of ketones is 1. The standard InChI is InChI=1S/C16H17NO3/c1-10-8-11(4-6-13(10)17)16(18)12-5-7-14(19-2)15(9-12)20-3/h4-9H,17H2,1-3H3. The van der Waals surface area contributed by atoms with Gasteiger partial charge in [0, 0.05) is 16.8 Å². The first-order chi connectivity index (χ1) is 9.56. The van der Waals surface area contributed by atoms with E-state index in [4.69, 9.17) is 15.2 Å². The van der Waals surface area contributed by atoms with E-state index in [1.54, 1.807) is 50.6 Å². The summed E-state index contributed by atoms with van der Waals surface area (Å²) in [5.74, 6) is 1.05.